The van der Waals surface area contributed by atoms with E-state index in [0.29, 0.717) is 0 Å². The minimum absolute atomic E-state index is 0.750. The van der Waals surface area contributed by atoms with Crippen LogP contribution in [0.2, 0.25) is 0 Å². The van der Waals surface area contributed by atoms with Gasteiger partial charge in [-0.25, -0.2) is 0 Å². The molecule has 0 aromatic rings. The first-order valence-corrected chi connectivity index (χ1v) is 4.21. The second-order valence-electron chi connectivity index (χ2n) is 2.45. The van der Waals surface area contributed by atoms with Gasteiger partial charge in [0, 0.05) is 17.7 Å². The number of thioether (sulfide) groups is 1. The molecule has 2 heterocycles. The Kier molecular flexibility index (Phi) is 1.34. The molecule has 1 nitrogen and oxygen atoms in total. The first-order valence-electron chi connectivity index (χ1n) is 3.27. The molecule has 2 rings (SSSR count). The summed E-state index contributed by atoms with van der Waals surface area (Å²) in [6.07, 6.45) is 5.51. The summed E-state index contributed by atoms with van der Waals surface area (Å²) >= 11 is 1.95. The fourth-order valence-corrected chi connectivity index (χ4v) is 2.33. The third-order valence-electron chi connectivity index (χ3n) is 1.84. The molecular weight excluding hydrogens is 130 g/mol. The van der Waals surface area contributed by atoms with E-state index in [0.717, 1.165) is 17.7 Å². The monoisotopic (exact) mass is 139 g/mol. The van der Waals surface area contributed by atoms with E-state index in [-0.39, 0.29) is 0 Å². The molecule has 0 aliphatic carbocycles. The molecule has 0 spiro atoms. The van der Waals surface area contributed by atoms with Crippen LogP contribution in [0.3, 0.4) is 0 Å². The molecule has 0 saturated carbocycles. The van der Waals surface area contributed by atoms with Crippen LogP contribution in [0.15, 0.2) is 16.5 Å². The summed E-state index contributed by atoms with van der Waals surface area (Å²) in [4.78, 5) is 4.23. The average Bonchev–Trinajstić information content (AvgIpc) is 2.33. The first-order chi connectivity index (χ1) is 4.47. The Morgan fingerprint density at radius 3 is 3.44 bits per heavy atom. The van der Waals surface area contributed by atoms with Gasteiger partial charge in [-0.1, -0.05) is 6.08 Å². The van der Waals surface area contributed by atoms with Crippen LogP contribution in [0.25, 0.3) is 0 Å². The van der Waals surface area contributed by atoms with Crippen molar-refractivity contribution in [1.82, 2.24) is 0 Å². The van der Waals surface area contributed by atoms with E-state index in [9.17, 15) is 0 Å². The molecule has 0 saturated heterocycles. The van der Waals surface area contributed by atoms with Crippen molar-refractivity contribution in [3.63, 3.8) is 0 Å². The van der Waals surface area contributed by atoms with Crippen LogP contribution in [0, 0.1) is 5.92 Å². The smallest absolute Gasteiger partial charge is 0.0459 e. The van der Waals surface area contributed by atoms with E-state index in [1.54, 1.807) is 0 Å². The largest absolute Gasteiger partial charge is 0.297 e. The highest BCUT2D eigenvalue weighted by molar-refractivity contribution is 8.03. The lowest BCUT2D eigenvalue weighted by Gasteiger charge is -2.17. The summed E-state index contributed by atoms with van der Waals surface area (Å²) < 4.78 is 0. The molecule has 0 N–H and O–H groups in total. The lowest BCUT2D eigenvalue weighted by molar-refractivity contribution is 0.627. The highest BCUT2D eigenvalue weighted by Crippen LogP contribution is 2.33. The minimum Gasteiger partial charge on any atom is -0.297 e. The van der Waals surface area contributed by atoms with Gasteiger partial charge in [0.1, 0.15) is 0 Å². The molecule has 48 valence electrons. The Hall–Kier alpha value is -0.240. The van der Waals surface area contributed by atoms with E-state index in [1.807, 2.05) is 11.8 Å². The van der Waals surface area contributed by atoms with Gasteiger partial charge in [-0.2, -0.15) is 0 Å². The van der Waals surface area contributed by atoms with Crippen molar-refractivity contribution in [3.8, 4) is 0 Å². The highest BCUT2D eigenvalue weighted by Gasteiger charge is 2.24. The van der Waals surface area contributed by atoms with Gasteiger partial charge in [0.15, 0.2) is 0 Å². The van der Waals surface area contributed by atoms with Gasteiger partial charge < -0.3 is 0 Å². The molecule has 2 atom stereocenters. The summed E-state index contributed by atoms with van der Waals surface area (Å²) in [6, 6.07) is 0. The number of hydrogen-bond donors (Lipinski definition) is 0. The third-order valence-corrected chi connectivity index (χ3v) is 3.05. The van der Waals surface area contributed by atoms with Gasteiger partial charge in [-0.15, -0.1) is 11.8 Å². The van der Waals surface area contributed by atoms with Crippen LogP contribution >= 0.6 is 11.8 Å². The molecule has 2 heteroatoms. The van der Waals surface area contributed by atoms with Crippen molar-refractivity contribution in [2.75, 3.05) is 6.54 Å². The van der Waals surface area contributed by atoms with E-state index < -0.39 is 0 Å². The molecule has 9 heavy (non-hydrogen) atoms. The standard InChI is InChI=1S/C7H9NS/c1-3-8-5-6-2-4-9-7(1)6/h2-4,6-7H,1,5H2. The Labute approximate surface area is 59.2 Å². The van der Waals surface area contributed by atoms with E-state index >= 15 is 0 Å². The first kappa shape index (κ1) is 5.54. The predicted octanol–water partition coefficient (Wildman–Crippen LogP) is 1.71. The van der Waals surface area contributed by atoms with Crippen LogP contribution in [-0.2, 0) is 0 Å². The van der Waals surface area contributed by atoms with Crippen LogP contribution in [0.4, 0.5) is 0 Å². The fraction of sp³-hybridized carbons (Fsp3) is 0.571. The minimum atomic E-state index is 0.750. The molecule has 0 amide bonds. The Morgan fingerprint density at radius 2 is 2.56 bits per heavy atom. The van der Waals surface area contributed by atoms with Crippen LogP contribution < -0.4 is 0 Å². The Balaban J connectivity index is 2.13. The summed E-state index contributed by atoms with van der Waals surface area (Å²) in [7, 11) is 0. The second kappa shape index (κ2) is 2.18. The molecule has 2 aliphatic heterocycles. The molecule has 2 aliphatic rings. The summed E-state index contributed by atoms with van der Waals surface area (Å²) in [6.45, 7) is 1.02. The summed E-state index contributed by atoms with van der Waals surface area (Å²) in [5.41, 5.74) is 0. The van der Waals surface area contributed by atoms with Gasteiger partial charge in [0.05, 0.1) is 0 Å². The fourth-order valence-electron chi connectivity index (χ4n) is 1.26. The molecule has 0 aromatic heterocycles. The highest BCUT2D eigenvalue weighted by atomic mass is 32.2. The Bertz CT molecular complexity index is 162. The average molecular weight is 139 g/mol. The van der Waals surface area contributed by atoms with Gasteiger partial charge in [0.25, 0.3) is 0 Å². The SMILES string of the molecule is C1=CC2CN=CCC2S1. The quantitative estimate of drug-likeness (QED) is 0.497. The molecule has 2 unspecified atom stereocenters. The van der Waals surface area contributed by atoms with Crippen molar-refractivity contribution < 1.29 is 0 Å². The van der Waals surface area contributed by atoms with Crippen molar-refractivity contribution >= 4 is 18.0 Å². The molecule has 0 aromatic carbocycles. The van der Waals surface area contributed by atoms with Crippen molar-refractivity contribution in [3.05, 3.63) is 11.5 Å². The van der Waals surface area contributed by atoms with Gasteiger partial charge in [0.2, 0.25) is 0 Å². The van der Waals surface area contributed by atoms with Crippen molar-refractivity contribution in [1.29, 1.82) is 0 Å². The van der Waals surface area contributed by atoms with Gasteiger partial charge >= 0.3 is 0 Å². The summed E-state index contributed by atoms with van der Waals surface area (Å²) in [5, 5.41) is 3.03. The van der Waals surface area contributed by atoms with Crippen molar-refractivity contribution in [2.45, 2.75) is 11.7 Å². The Morgan fingerprint density at radius 1 is 1.56 bits per heavy atom. The normalized spacial score (nSPS) is 39.1. The zero-order chi connectivity index (χ0) is 6.10. The number of hydrogen-bond acceptors (Lipinski definition) is 2. The molecule has 0 radical (unpaired) electrons. The third kappa shape index (κ3) is 0.917. The van der Waals surface area contributed by atoms with Crippen LogP contribution in [0.1, 0.15) is 6.42 Å². The number of rotatable bonds is 0. The lowest BCUT2D eigenvalue weighted by Crippen LogP contribution is -2.19. The number of fused-ring (bicyclic) bond motifs is 1. The number of nitrogens with zero attached hydrogens (tertiary/aromatic N) is 1. The summed E-state index contributed by atoms with van der Waals surface area (Å²) in [5.74, 6) is 0.750. The maximum absolute atomic E-state index is 4.23. The van der Waals surface area contributed by atoms with Crippen LogP contribution in [-0.4, -0.2) is 18.0 Å². The maximum Gasteiger partial charge on any atom is 0.0459 e. The van der Waals surface area contributed by atoms with E-state index in [1.165, 1.54) is 6.42 Å². The maximum atomic E-state index is 4.23. The number of aliphatic imine (C=N–C) groups is 1. The second-order valence-corrected chi connectivity index (χ2v) is 3.60. The topological polar surface area (TPSA) is 12.4 Å². The molecule has 0 fully saturated rings. The molecule has 0 bridgehead atoms. The van der Waals surface area contributed by atoms with E-state index in [2.05, 4.69) is 22.7 Å². The van der Waals surface area contributed by atoms with Crippen LogP contribution in [0.5, 0.6) is 0 Å². The zero-order valence-electron chi connectivity index (χ0n) is 5.16. The van der Waals surface area contributed by atoms with E-state index in [4.69, 9.17) is 0 Å². The van der Waals surface area contributed by atoms with Crippen molar-refractivity contribution in [2.24, 2.45) is 10.9 Å². The lowest BCUT2D eigenvalue weighted by atomic mass is 10.0. The van der Waals surface area contributed by atoms with Gasteiger partial charge in [-0.05, 0) is 18.0 Å². The van der Waals surface area contributed by atoms with Gasteiger partial charge in [-0.3, -0.25) is 4.99 Å². The molecular formula is C7H9NS. The zero-order valence-corrected chi connectivity index (χ0v) is 5.97. The predicted molar refractivity (Wildman–Crippen MR) is 42.0 cm³/mol.